The molecule has 1 aromatic heterocycles. The lowest BCUT2D eigenvalue weighted by Crippen LogP contribution is -2.45. The summed E-state index contributed by atoms with van der Waals surface area (Å²) in [4.78, 5) is 2.11. The van der Waals surface area contributed by atoms with Gasteiger partial charge in [-0.3, -0.25) is 0 Å². The van der Waals surface area contributed by atoms with Crippen LogP contribution in [0.3, 0.4) is 0 Å². The molecule has 0 aliphatic carbocycles. The van der Waals surface area contributed by atoms with Crippen molar-refractivity contribution in [3.05, 3.63) is 58.9 Å². The molecule has 0 saturated carbocycles. The summed E-state index contributed by atoms with van der Waals surface area (Å²) in [5, 5.41) is 9.48. The van der Waals surface area contributed by atoms with E-state index in [1.165, 1.54) is 28.2 Å². The fourth-order valence-electron chi connectivity index (χ4n) is 3.18. The first-order chi connectivity index (χ1) is 12.3. The molecule has 0 fully saturated rings. The number of nitrogens with zero attached hydrogens (tertiary/aromatic N) is 2. The van der Waals surface area contributed by atoms with Crippen LogP contribution in [0, 0.1) is 0 Å². The lowest BCUT2D eigenvalue weighted by atomic mass is 10.00. The monoisotopic (exact) mass is 353 g/mol. The Hall–Kier alpha value is -2.13. The third kappa shape index (κ3) is 4.95. The largest absolute Gasteiger partial charge is 0.390 e. The lowest BCUT2D eigenvalue weighted by Gasteiger charge is -2.14. The van der Waals surface area contributed by atoms with Gasteiger partial charge in [-0.05, 0) is 23.3 Å². The predicted molar refractivity (Wildman–Crippen MR) is 112 cm³/mol. The molecule has 0 aliphatic heterocycles. The first-order valence-corrected chi connectivity index (χ1v) is 9.47. The van der Waals surface area contributed by atoms with Crippen LogP contribution in [0.1, 0.15) is 62.0 Å². The van der Waals surface area contributed by atoms with Crippen LogP contribution in [0.2, 0.25) is 0 Å². The maximum atomic E-state index is 9.48. The van der Waals surface area contributed by atoms with E-state index >= 15 is 0 Å². The molecule has 2 aromatic rings. The molecule has 0 spiro atoms. The zero-order valence-electron chi connectivity index (χ0n) is 17.0. The number of pyridine rings is 1. The van der Waals surface area contributed by atoms with Crippen LogP contribution in [0.25, 0.3) is 12.2 Å². The quantitative estimate of drug-likeness (QED) is 0.745. The molecule has 0 saturated heterocycles. The maximum absolute atomic E-state index is 9.48. The minimum atomic E-state index is 0.164. The zero-order valence-corrected chi connectivity index (χ0v) is 17.0. The average Bonchev–Trinajstić information content (AvgIpc) is 2.60. The summed E-state index contributed by atoms with van der Waals surface area (Å²) in [5.41, 5.74) is 6.15. The molecular formula is C23H33N2O+. The number of hydrogen-bond acceptors (Lipinski definition) is 2. The van der Waals surface area contributed by atoms with Crippen molar-refractivity contribution in [3.63, 3.8) is 0 Å². The zero-order chi connectivity index (χ0) is 19.3. The highest BCUT2D eigenvalue weighted by Crippen LogP contribution is 2.21. The van der Waals surface area contributed by atoms with Crippen LogP contribution in [-0.2, 0) is 6.54 Å². The van der Waals surface area contributed by atoms with Crippen molar-refractivity contribution in [2.45, 2.75) is 46.1 Å². The molecular weight excluding hydrogens is 320 g/mol. The topological polar surface area (TPSA) is 27.4 Å². The Morgan fingerprint density at radius 2 is 1.38 bits per heavy atom. The van der Waals surface area contributed by atoms with E-state index in [0.29, 0.717) is 18.4 Å². The fraction of sp³-hybridized carbons (Fsp3) is 0.435. The minimum absolute atomic E-state index is 0.164. The van der Waals surface area contributed by atoms with Crippen LogP contribution in [0.5, 0.6) is 0 Å². The molecule has 2 rings (SSSR count). The maximum Gasteiger partial charge on any atom is 0.184 e. The molecule has 140 valence electrons. The van der Waals surface area contributed by atoms with Crippen molar-refractivity contribution in [1.29, 1.82) is 0 Å². The number of benzene rings is 1. The van der Waals surface area contributed by atoms with Gasteiger partial charge < -0.3 is 10.0 Å². The smallest absolute Gasteiger partial charge is 0.184 e. The van der Waals surface area contributed by atoms with E-state index in [9.17, 15) is 5.11 Å². The summed E-state index contributed by atoms with van der Waals surface area (Å²) in [6.45, 7) is 9.65. The van der Waals surface area contributed by atoms with Crippen LogP contribution >= 0.6 is 0 Å². The van der Waals surface area contributed by atoms with Gasteiger partial charge in [0.25, 0.3) is 0 Å². The van der Waals surface area contributed by atoms with Gasteiger partial charge in [0.05, 0.1) is 0 Å². The van der Waals surface area contributed by atoms with E-state index in [0.717, 1.165) is 0 Å². The molecule has 3 nitrogen and oxygen atoms in total. The summed E-state index contributed by atoms with van der Waals surface area (Å²) in [7, 11) is 4.11. The Kier molecular flexibility index (Phi) is 6.98. The number of aromatic nitrogens is 1. The van der Waals surface area contributed by atoms with E-state index in [4.69, 9.17) is 0 Å². The van der Waals surface area contributed by atoms with Crippen LogP contribution < -0.4 is 9.47 Å². The Bertz CT molecular complexity index is 714. The van der Waals surface area contributed by atoms with Crippen molar-refractivity contribution in [1.82, 2.24) is 0 Å². The highest BCUT2D eigenvalue weighted by atomic mass is 16.3. The van der Waals surface area contributed by atoms with Crippen molar-refractivity contribution in [2.24, 2.45) is 0 Å². The molecule has 1 aromatic carbocycles. The Morgan fingerprint density at radius 1 is 0.885 bits per heavy atom. The fourth-order valence-corrected chi connectivity index (χ4v) is 3.18. The van der Waals surface area contributed by atoms with Gasteiger partial charge in [-0.25, -0.2) is 0 Å². The number of aliphatic hydroxyl groups is 1. The van der Waals surface area contributed by atoms with Crippen LogP contribution in [0.15, 0.2) is 36.4 Å². The standard InChI is InChI=1S/C23H33N2O/c1-17(2)22-15-20(16-23(18(3)4)25(22)13-14-26)8-7-19-9-11-21(12-10-19)24(5)6/h7-12,15-18,26H,13-14H2,1-6H3/q+1. The second-order valence-corrected chi connectivity index (χ2v) is 7.64. The first kappa shape index (κ1) is 20.2. The van der Waals surface area contributed by atoms with E-state index in [2.05, 4.69) is 99.8 Å². The van der Waals surface area contributed by atoms with E-state index in [1.807, 2.05) is 0 Å². The van der Waals surface area contributed by atoms with E-state index < -0.39 is 0 Å². The van der Waals surface area contributed by atoms with Gasteiger partial charge >= 0.3 is 0 Å². The van der Waals surface area contributed by atoms with Crippen LogP contribution in [0.4, 0.5) is 5.69 Å². The molecule has 0 atom stereocenters. The van der Waals surface area contributed by atoms with Gasteiger partial charge in [-0.2, -0.15) is 4.57 Å². The third-order valence-corrected chi connectivity index (χ3v) is 4.64. The summed E-state index contributed by atoms with van der Waals surface area (Å²) in [6.07, 6.45) is 4.35. The van der Waals surface area contributed by atoms with E-state index in [1.54, 1.807) is 0 Å². The highest BCUT2D eigenvalue weighted by Gasteiger charge is 2.22. The molecule has 0 amide bonds. The van der Waals surface area contributed by atoms with Crippen LogP contribution in [-0.4, -0.2) is 25.8 Å². The number of anilines is 1. The summed E-state index contributed by atoms with van der Waals surface area (Å²) < 4.78 is 2.28. The number of aliphatic hydroxyl groups excluding tert-OH is 1. The second kappa shape index (κ2) is 9.00. The molecule has 0 bridgehead atoms. The molecule has 1 N–H and O–H groups in total. The average molecular weight is 354 g/mol. The molecule has 26 heavy (non-hydrogen) atoms. The lowest BCUT2D eigenvalue weighted by molar-refractivity contribution is -0.714. The molecule has 0 radical (unpaired) electrons. The Morgan fingerprint density at radius 3 is 1.81 bits per heavy atom. The van der Waals surface area contributed by atoms with Gasteiger partial charge in [-0.15, -0.1) is 0 Å². The molecule has 1 heterocycles. The van der Waals surface area contributed by atoms with Crippen molar-refractivity contribution >= 4 is 17.8 Å². The number of rotatable bonds is 7. The predicted octanol–water partition coefficient (Wildman–Crippen LogP) is 4.45. The summed E-state index contributed by atoms with van der Waals surface area (Å²) >= 11 is 0. The normalized spacial score (nSPS) is 11.7. The first-order valence-electron chi connectivity index (χ1n) is 9.47. The highest BCUT2D eigenvalue weighted by molar-refractivity contribution is 5.70. The van der Waals surface area contributed by atoms with Gasteiger partial charge in [-0.1, -0.05) is 52.0 Å². The number of hydrogen-bond donors (Lipinski definition) is 1. The second-order valence-electron chi connectivity index (χ2n) is 7.64. The molecule has 0 unspecified atom stereocenters. The summed E-state index contributed by atoms with van der Waals surface area (Å²) in [6, 6.07) is 13.1. The SMILES string of the molecule is CC(C)c1cc(C=Cc2ccc(N(C)C)cc2)cc(C(C)C)[n+]1CCO. The van der Waals surface area contributed by atoms with Crippen molar-refractivity contribution in [2.75, 3.05) is 25.6 Å². The van der Waals surface area contributed by atoms with Gasteiger partial charge in [0.15, 0.2) is 17.9 Å². The molecule has 3 heteroatoms. The Labute approximate surface area is 158 Å². The van der Waals surface area contributed by atoms with Crippen molar-refractivity contribution < 1.29 is 9.67 Å². The van der Waals surface area contributed by atoms with Gasteiger partial charge in [0, 0.05) is 43.8 Å². The summed E-state index contributed by atoms with van der Waals surface area (Å²) in [5.74, 6) is 0.818. The van der Waals surface area contributed by atoms with Gasteiger partial charge in [0.2, 0.25) is 0 Å². The third-order valence-electron chi connectivity index (χ3n) is 4.64. The molecule has 0 aliphatic rings. The Balaban J connectivity index is 2.39. The van der Waals surface area contributed by atoms with E-state index in [-0.39, 0.29) is 6.61 Å². The van der Waals surface area contributed by atoms with Crippen molar-refractivity contribution in [3.8, 4) is 0 Å². The van der Waals surface area contributed by atoms with Gasteiger partial charge in [0.1, 0.15) is 6.61 Å². The minimum Gasteiger partial charge on any atom is -0.390 e.